The lowest BCUT2D eigenvalue weighted by atomic mass is 9.88. The summed E-state index contributed by atoms with van der Waals surface area (Å²) < 4.78 is 28.4. The fraction of sp³-hybridized carbons (Fsp3) is 0.571. The van der Waals surface area contributed by atoms with E-state index >= 15 is 0 Å². The highest BCUT2D eigenvalue weighted by Gasteiger charge is 2.26. The van der Waals surface area contributed by atoms with Crippen molar-refractivity contribution in [3.8, 4) is 0 Å². The quantitative estimate of drug-likeness (QED) is 0.866. The van der Waals surface area contributed by atoms with E-state index in [-0.39, 0.29) is 10.9 Å². The van der Waals surface area contributed by atoms with Crippen molar-refractivity contribution < 1.29 is 8.42 Å². The highest BCUT2D eigenvalue weighted by Crippen LogP contribution is 2.27. The van der Waals surface area contributed by atoms with Crippen LogP contribution in [0.25, 0.3) is 0 Å². The average molecular weight is 361 g/mol. The van der Waals surface area contributed by atoms with Crippen LogP contribution < -0.4 is 10.5 Å². The van der Waals surface area contributed by atoms with Crippen LogP contribution in [-0.2, 0) is 16.6 Å². The minimum atomic E-state index is -3.50. The molecule has 0 spiro atoms. The largest absolute Gasteiger partial charge is 0.326 e. The summed E-state index contributed by atoms with van der Waals surface area (Å²) >= 11 is 3.31. The van der Waals surface area contributed by atoms with Gasteiger partial charge in [-0.1, -0.05) is 25.8 Å². The second kappa shape index (κ2) is 6.56. The predicted octanol–water partition coefficient (Wildman–Crippen LogP) is 2.76. The molecule has 0 aliphatic heterocycles. The Morgan fingerprint density at radius 1 is 1.40 bits per heavy atom. The molecule has 2 unspecified atom stereocenters. The third-order valence-electron chi connectivity index (χ3n) is 3.78. The van der Waals surface area contributed by atoms with E-state index in [0.29, 0.717) is 16.9 Å². The van der Waals surface area contributed by atoms with Gasteiger partial charge in [0, 0.05) is 17.1 Å². The van der Waals surface area contributed by atoms with Crippen molar-refractivity contribution >= 4 is 26.0 Å². The fourth-order valence-corrected chi connectivity index (χ4v) is 5.00. The minimum absolute atomic E-state index is 0.0391. The van der Waals surface area contributed by atoms with Gasteiger partial charge >= 0.3 is 0 Å². The topological polar surface area (TPSA) is 72.2 Å². The maximum atomic E-state index is 12.5. The number of hydrogen-bond donors (Lipinski definition) is 2. The van der Waals surface area contributed by atoms with Crippen molar-refractivity contribution in [3.05, 3.63) is 28.2 Å². The molecule has 1 aromatic carbocycles. The smallest absolute Gasteiger partial charge is 0.241 e. The molecule has 0 aromatic heterocycles. The zero-order chi connectivity index (χ0) is 14.8. The molecule has 2 rings (SSSR count). The Kier molecular flexibility index (Phi) is 5.23. The normalized spacial score (nSPS) is 23.8. The van der Waals surface area contributed by atoms with Crippen molar-refractivity contribution in [1.82, 2.24) is 4.72 Å². The van der Waals surface area contributed by atoms with Crippen molar-refractivity contribution in [3.63, 3.8) is 0 Å². The molecule has 0 bridgehead atoms. The lowest BCUT2D eigenvalue weighted by Gasteiger charge is -2.27. The monoisotopic (exact) mass is 360 g/mol. The molecule has 0 radical (unpaired) electrons. The van der Waals surface area contributed by atoms with E-state index in [1.165, 1.54) is 6.42 Å². The fourth-order valence-electron chi connectivity index (χ4n) is 2.70. The first-order valence-corrected chi connectivity index (χ1v) is 9.21. The van der Waals surface area contributed by atoms with E-state index in [2.05, 4.69) is 27.6 Å². The molecule has 4 nitrogen and oxygen atoms in total. The Labute approximate surface area is 129 Å². The molecular formula is C14H21BrN2O2S. The molecule has 1 aliphatic carbocycles. The van der Waals surface area contributed by atoms with Gasteiger partial charge in [0.15, 0.2) is 0 Å². The SMILES string of the molecule is CC1CCCC(NS(=O)(=O)c2cc(CN)ccc2Br)C1. The number of benzene rings is 1. The maximum absolute atomic E-state index is 12.5. The average Bonchev–Trinajstić information content (AvgIpc) is 2.38. The Morgan fingerprint density at radius 3 is 2.80 bits per heavy atom. The van der Waals surface area contributed by atoms with Gasteiger partial charge in [-0.3, -0.25) is 0 Å². The Morgan fingerprint density at radius 2 is 2.15 bits per heavy atom. The molecule has 1 aliphatic rings. The summed E-state index contributed by atoms with van der Waals surface area (Å²) in [5, 5.41) is 0. The number of rotatable bonds is 4. The number of nitrogens with one attached hydrogen (secondary N) is 1. The molecule has 2 atom stereocenters. The van der Waals surface area contributed by atoms with E-state index < -0.39 is 10.0 Å². The van der Waals surface area contributed by atoms with Gasteiger partial charge in [-0.25, -0.2) is 13.1 Å². The van der Waals surface area contributed by atoms with Gasteiger partial charge in [0.2, 0.25) is 10.0 Å². The molecule has 0 saturated heterocycles. The second-order valence-corrected chi connectivity index (χ2v) is 8.10. The van der Waals surface area contributed by atoms with Crippen LogP contribution in [-0.4, -0.2) is 14.5 Å². The van der Waals surface area contributed by atoms with E-state index in [9.17, 15) is 8.42 Å². The van der Waals surface area contributed by atoms with Crippen LogP contribution in [0.5, 0.6) is 0 Å². The lowest BCUT2D eigenvalue weighted by molar-refractivity contribution is 0.327. The molecule has 3 N–H and O–H groups in total. The van der Waals surface area contributed by atoms with Gasteiger partial charge < -0.3 is 5.73 Å². The van der Waals surface area contributed by atoms with Gasteiger partial charge in [0.1, 0.15) is 0 Å². The van der Waals surface area contributed by atoms with E-state index in [0.717, 1.165) is 24.8 Å². The molecule has 20 heavy (non-hydrogen) atoms. The summed E-state index contributed by atoms with van der Waals surface area (Å²) in [4.78, 5) is 0.277. The highest BCUT2D eigenvalue weighted by atomic mass is 79.9. The summed E-state index contributed by atoms with van der Waals surface area (Å²) in [6, 6.07) is 5.24. The van der Waals surface area contributed by atoms with Gasteiger partial charge in [-0.2, -0.15) is 0 Å². The summed E-state index contributed by atoms with van der Waals surface area (Å²) in [5.41, 5.74) is 6.39. The molecule has 1 aromatic rings. The number of sulfonamides is 1. The molecule has 1 saturated carbocycles. The minimum Gasteiger partial charge on any atom is -0.326 e. The standard InChI is InChI=1S/C14H21BrN2O2S/c1-10-3-2-4-12(7-10)17-20(18,19)14-8-11(9-16)5-6-13(14)15/h5-6,8,10,12,17H,2-4,7,9,16H2,1H3. The third-order valence-corrected chi connectivity index (χ3v) is 6.29. The first kappa shape index (κ1) is 15.9. The summed E-state index contributed by atoms with van der Waals surface area (Å²) in [6.07, 6.45) is 4.09. The predicted molar refractivity (Wildman–Crippen MR) is 83.8 cm³/mol. The number of hydrogen-bond acceptors (Lipinski definition) is 3. The Balaban J connectivity index is 2.21. The molecule has 112 valence electrons. The van der Waals surface area contributed by atoms with E-state index in [4.69, 9.17) is 5.73 Å². The molecule has 1 fully saturated rings. The van der Waals surface area contributed by atoms with Crippen molar-refractivity contribution in [2.45, 2.75) is 50.1 Å². The lowest BCUT2D eigenvalue weighted by Crippen LogP contribution is -2.38. The van der Waals surface area contributed by atoms with Gasteiger partial charge in [-0.05, 0) is 52.4 Å². The second-order valence-electron chi connectivity index (χ2n) is 5.56. The van der Waals surface area contributed by atoms with Crippen LogP contribution in [0, 0.1) is 5.92 Å². The van der Waals surface area contributed by atoms with Crippen LogP contribution in [0.2, 0.25) is 0 Å². The van der Waals surface area contributed by atoms with Crippen LogP contribution in [0.15, 0.2) is 27.6 Å². The van der Waals surface area contributed by atoms with Crippen LogP contribution in [0.3, 0.4) is 0 Å². The van der Waals surface area contributed by atoms with Gasteiger partial charge in [0.25, 0.3) is 0 Å². The highest BCUT2D eigenvalue weighted by molar-refractivity contribution is 9.10. The first-order chi connectivity index (χ1) is 9.42. The number of nitrogens with two attached hydrogens (primary N) is 1. The molecular weight excluding hydrogens is 340 g/mol. The van der Waals surface area contributed by atoms with Crippen LogP contribution >= 0.6 is 15.9 Å². The van der Waals surface area contributed by atoms with Gasteiger partial charge in [0.05, 0.1) is 4.90 Å². The zero-order valence-electron chi connectivity index (χ0n) is 11.6. The molecule has 6 heteroatoms. The summed E-state index contributed by atoms with van der Waals surface area (Å²) in [6.45, 7) is 2.50. The van der Waals surface area contributed by atoms with Crippen molar-refractivity contribution in [1.29, 1.82) is 0 Å². The number of halogens is 1. The van der Waals surface area contributed by atoms with Gasteiger partial charge in [-0.15, -0.1) is 0 Å². The zero-order valence-corrected chi connectivity index (χ0v) is 14.0. The van der Waals surface area contributed by atoms with E-state index in [1.54, 1.807) is 12.1 Å². The molecule has 0 heterocycles. The summed E-state index contributed by atoms with van der Waals surface area (Å²) in [7, 11) is -3.50. The van der Waals surface area contributed by atoms with Crippen LogP contribution in [0.1, 0.15) is 38.2 Å². The first-order valence-electron chi connectivity index (χ1n) is 6.93. The van der Waals surface area contributed by atoms with Crippen LogP contribution in [0.4, 0.5) is 0 Å². The van der Waals surface area contributed by atoms with Crippen molar-refractivity contribution in [2.24, 2.45) is 11.7 Å². The van der Waals surface area contributed by atoms with E-state index in [1.807, 2.05) is 6.07 Å². The summed E-state index contributed by atoms with van der Waals surface area (Å²) in [5.74, 6) is 0.579. The Bertz CT molecular complexity index is 575. The van der Waals surface area contributed by atoms with Crippen molar-refractivity contribution in [2.75, 3.05) is 0 Å². The molecule has 0 amide bonds. The Hall–Kier alpha value is -0.430. The third kappa shape index (κ3) is 3.81. The maximum Gasteiger partial charge on any atom is 0.241 e.